The first-order valence-electron chi connectivity index (χ1n) is 12.8. The number of H-pyrrole nitrogens is 2. The van der Waals surface area contributed by atoms with Crippen molar-refractivity contribution in [3.63, 3.8) is 0 Å². The Kier molecular flexibility index (Phi) is 6.57. The molecule has 2 aromatic heterocycles. The summed E-state index contributed by atoms with van der Waals surface area (Å²) in [6, 6.07) is 22.7. The van der Waals surface area contributed by atoms with Crippen LogP contribution in [-0.2, 0) is 22.7 Å². The van der Waals surface area contributed by atoms with Gasteiger partial charge in [0.1, 0.15) is 23.9 Å². The zero-order valence-electron chi connectivity index (χ0n) is 22.1. The number of methoxy groups -OCH3 is 2. The van der Waals surface area contributed by atoms with E-state index in [4.69, 9.17) is 14.2 Å². The fourth-order valence-electron chi connectivity index (χ4n) is 5.01. The fraction of sp³-hybridized carbons (Fsp3) is 0.125. The molecule has 8 nitrogen and oxygen atoms in total. The quantitative estimate of drug-likeness (QED) is 0.242. The molecule has 8 heteroatoms. The third-order valence-corrected chi connectivity index (χ3v) is 7.05. The number of hydrogen-bond acceptors (Lipinski definition) is 5. The maximum Gasteiger partial charge on any atom is 0.262 e. The molecule has 0 radical (unpaired) electrons. The highest BCUT2D eigenvalue weighted by Crippen LogP contribution is 2.40. The Morgan fingerprint density at radius 3 is 2.35 bits per heavy atom. The van der Waals surface area contributed by atoms with Crippen molar-refractivity contribution >= 4 is 33.9 Å². The van der Waals surface area contributed by atoms with E-state index >= 15 is 0 Å². The van der Waals surface area contributed by atoms with Crippen molar-refractivity contribution in [2.24, 2.45) is 0 Å². The molecule has 2 N–H and O–H groups in total. The summed E-state index contributed by atoms with van der Waals surface area (Å²) < 4.78 is 16.8. The number of amides is 2. The zero-order valence-corrected chi connectivity index (χ0v) is 22.1. The molecular formula is C32H27N3O5. The maximum absolute atomic E-state index is 13.9. The molecule has 200 valence electrons. The van der Waals surface area contributed by atoms with Crippen LogP contribution in [0.1, 0.15) is 22.3 Å². The van der Waals surface area contributed by atoms with E-state index in [0.717, 1.165) is 16.5 Å². The van der Waals surface area contributed by atoms with Gasteiger partial charge in [0, 0.05) is 58.3 Å². The molecule has 0 saturated heterocycles. The molecule has 5 aromatic rings. The number of nitrogens with one attached hydrogen (secondary N) is 2. The van der Waals surface area contributed by atoms with Crippen molar-refractivity contribution in [1.82, 2.24) is 14.9 Å². The summed E-state index contributed by atoms with van der Waals surface area (Å²) in [5.41, 5.74) is 4.57. The van der Waals surface area contributed by atoms with E-state index in [2.05, 4.69) is 9.97 Å². The van der Waals surface area contributed by atoms with Crippen LogP contribution < -0.4 is 14.2 Å². The number of carbonyl (C=O) groups is 2. The second-order valence-electron chi connectivity index (χ2n) is 9.41. The number of carbonyl (C=O) groups excluding carboxylic acids is 2. The minimum Gasteiger partial charge on any atom is -0.497 e. The molecule has 0 spiro atoms. The van der Waals surface area contributed by atoms with Gasteiger partial charge in [-0.3, -0.25) is 14.5 Å². The number of aromatic nitrogens is 2. The second-order valence-corrected chi connectivity index (χ2v) is 9.41. The Labute approximate surface area is 230 Å². The van der Waals surface area contributed by atoms with Crippen LogP contribution in [-0.4, -0.2) is 40.9 Å². The van der Waals surface area contributed by atoms with E-state index in [9.17, 15) is 9.59 Å². The summed E-state index contributed by atoms with van der Waals surface area (Å²) in [5, 5.41) is 0.820. The van der Waals surface area contributed by atoms with Crippen LogP contribution in [0.25, 0.3) is 22.0 Å². The van der Waals surface area contributed by atoms with Gasteiger partial charge in [-0.25, -0.2) is 0 Å². The fourth-order valence-corrected chi connectivity index (χ4v) is 5.01. The third kappa shape index (κ3) is 4.49. The number of ether oxygens (including phenoxy) is 3. The molecule has 3 heterocycles. The van der Waals surface area contributed by atoms with Crippen LogP contribution in [0.15, 0.2) is 91.4 Å². The average Bonchev–Trinajstić information content (AvgIpc) is 3.72. The lowest BCUT2D eigenvalue weighted by Gasteiger charge is -2.18. The number of benzene rings is 3. The van der Waals surface area contributed by atoms with Crippen LogP contribution in [0.3, 0.4) is 0 Å². The van der Waals surface area contributed by atoms with Crippen LogP contribution in [0.5, 0.6) is 17.2 Å². The van der Waals surface area contributed by atoms with Crippen LogP contribution in [0.4, 0.5) is 0 Å². The summed E-state index contributed by atoms with van der Waals surface area (Å²) >= 11 is 0. The third-order valence-electron chi connectivity index (χ3n) is 7.05. The minimum absolute atomic E-state index is 0.0576. The lowest BCUT2D eigenvalue weighted by atomic mass is 9.97. The van der Waals surface area contributed by atoms with Gasteiger partial charge in [0.2, 0.25) is 0 Å². The Balaban J connectivity index is 1.35. The van der Waals surface area contributed by atoms with Gasteiger partial charge in [0.05, 0.1) is 31.9 Å². The van der Waals surface area contributed by atoms with Crippen molar-refractivity contribution < 1.29 is 23.8 Å². The van der Waals surface area contributed by atoms with Gasteiger partial charge in [-0.15, -0.1) is 0 Å². The molecule has 0 aliphatic carbocycles. The lowest BCUT2D eigenvalue weighted by molar-refractivity contribution is -0.136. The highest BCUT2D eigenvalue weighted by atomic mass is 16.5. The first-order chi connectivity index (χ1) is 19.6. The average molecular weight is 534 g/mol. The molecule has 1 aliphatic rings. The molecule has 0 fully saturated rings. The SMILES string of the molecule is COc1ccc(CN2C(=O)C(c3cc[nH]c3)=C(c3c[nH]c4cc(OCc5ccccc5)ccc34)C2=O)c(OC)c1. The molecule has 40 heavy (non-hydrogen) atoms. The highest BCUT2D eigenvalue weighted by molar-refractivity contribution is 6.49. The Hall–Kier alpha value is -5.24. The normalized spacial score (nSPS) is 13.4. The van der Waals surface area contributed by atoms with Gasteiger partial charge in [-0.1, -0.05) is 30.3 Å². The van der Waals surface area contributed by atoms with Crippen LogP contribution >= 0.6 is 0 Å². The molecule has 3 aromatic carbocycles. The van der Waals surface area contributed by atoms with Gasteiger partial charge in [0.15, 0.2) is 0 Å². The zero-order chi connectivity index (χ0) is 27.6. The first kappa shape index (κ1) is 25.1. The van der Waals surface area contributed by atoms with Gasteiger partial charge in [0.25, 0.3) is 11.8 Å². The van der Waals surface area contributed by atoms with E-state index in [0.29, 0.717) is 51.7 Å². The number of hydrogen-bond donors (Lipinski definition) is 2. The van der Waals surface area contributed by atoms with Crippen molar-refractivity contribution in [3.8, 4) is 17.2 Å². The second kappa shape index (κ2) is 10.5. The van der Waals surface area contributed by atoms with E-state index in [-0.39, 0.29) is 18.4 Å². The van der Waals surface area contributed by atoms with E-state index < -0.39 is 0 Å². The molecule has 0 unspecified atom stereocenters. The number of rotatable bonds is 9. The number of aromatic amines is 2. The monoisotopic (exact) mass is 533 g/mol. The summed E-state index contributed by atoms with van der Waals surface area (Å²) in [4.78, 5) is 35.3. The molecule has 6 rings (SSSR count). The van der Waals surface area contributed by atoms with Crippen LogP contribution in [0.2, 0.25) is 0 Å². The number of imide groups is 1. The molecule has 0 atom stereocenters. The molecule has 1 aliphatic heterocycles. The van der Waals surface area contributed by atoms with Crippen molar-refractivity contribution in [1.29, 1.82) is 0 Å². The lowest BCUT2D eigenvalue weighted by Crippen LogP contribution is -2.31. The Bertz CT molecular complexity index is 1740. The molecule has 0 saturated carbocycles. The van der Waals surface area contributed by atoms with Gasteiger partial charge >= 0.3 is 0 Å². The standard InChI is InChI=1S/C32H27N3O5/c1-38-23-9-8-22(28(15-23)39-2)18-35-31(36)29(21-12-13-33-16-21)30(32(35)37)26-17-34-27-14-24(10-11-25(26)27)40-19-20-6-4-3-5-7-20/h3-17,33-34H,18-19H2,1-2H3. The molecule has 0 bridgehead atoms. The van der Waals surface area contributed by atoms with Gasteiger partial charge in [-0.05, 0) is 35.9 Å². The van der Waals surface area contributed by atoms with E-state index in [1.165, 1.54) is 4.90 Å². The number of nitrogens with zero attached hydrogens (tertiary/aromatic N) is 1. The summed E-state index contributed by atoms with van der Waals surface area (Å²) in [5.74, 6) is 1.12. The summed E-state index contributed by atoms with van der Waals surface area (Å²) in [7, 11) is 3.12. The largest absolute Gasteiger partial charge is 0.497 e. The van der Waals surface area contributed by atoms with E-state index in [1.54, 1.807) is 57.1 Å². The van der Waals surface area contributed by atoms with Crippen LogP contribution in [0, 0.1) is 0 Å². The molecule has 2 amide bonds. The number of fused-ring (bicyclic) bond motifs is 1. The smallest absolute Gasteiger partial charge is 0.262 e. The summed E-state index contributed by atoms with van der Waals surface area (Å²) in [6.45, 7) is 0.502. The van der Waals surface area contributed by atoms with Gasteiger partial charge in [-0.2, -0.15) is 0 Å². The predicted molar refractivity (Wildman–Crippen MR) is 152 cm³/mol. The Morgan fingerprint density at radius 2 is 1.60 bits per heavy atom. The highest BCUT2D eigenvalue weighted by Gasteiger charge is 2.40. The van der Waals surface area contributed by atoms with Gasteiger partial charge < -0.3 is 24.2 Å². The minimum atomic E-state index is -0.371. The maximum atomic E-state index is 13.9. The topological polar surface area (TPSA) is 96.6 Å². The van der Waals surface area contributed by atoms with Crippen molar-refractivity contribution in [2.75, 3.05) is 14.2 Å². The Morgan fingerprint density at radius 1 is 0.800 bits per heavy atom. The predicted octanol–water partition coefficient (Wildman–Crippen LogP) is 5.57. The van der Waals surface area contributed by atoms with Crippen molar-refractivity contribution in [2.45, 2.75) is 13.2 Å². The summed E-state index contributed by atoms with van der Waals surface area (Å²) in [6.07, 6.45) is 5.23. The van der Waals surface area contributed by atoms with E-state index in [1.807, 2.05) is 48.5 Å². The molecular weight excluding hydrogens is 506 g/mol. The first-order valence-corrected chi connectivity index (χ1v) is 12.8. The van der Waals surface area contributed by atoms with Crippen molar-refractivity contribution in [3.05, 3.63) is 114 Å².